The Morgan fingerprint density at radius 2 is 1.88 bits per heavy atom. The van der Waals surface area contributed by atoms with Crippen LogP contribution in [-0.4, -0.2) is 33.4 Å². The van der Waals surface area contributed by atoms with Crippen LogP contribution in [0, 0.1) is 11.3 Å². The van der Waals surface area contributed by atoms with Gasteiger partial charge in [-0.25, -0.2) is 4.79 Å². The number of halogens is 2. The number of hydrogen-bond acceptors (Lipinski definition) is 6. The summed E-state index contributed by atoms with van der Waals surface area (Å²) in [4.78, 5) is 11.9. The van der Waals surface area contributed by atoms with Gasteiger partial charge in [0.2, 0.25) is 5.75 Å². The average Bonchev–Trinajstić information content (AvgIpc) is 2.59. The van der Waals surface area contributed by atoms with Gasteiger partial charge in [-0.1, -0.05) is 13.3 Å². The minimum atomic E-state index is -3.06. The topological polar surface area (TPSA) is 77.8 Å². The third-order valence-corrected chi connectivity index (χ3v) is 3.07. The second kappa shape index (κ2) is 10.1. The van der Waals surface area contributed by atoms with E-state index in [-0.39, 0.29) is 29.4 Å². The van der Waals surface area contributed by atoms with Crippen molar-refractivity contribution < 1.29 is 32.5 Å². The summed E-state index contributed by atoms with van der Waals surface area (Å²) in [6.07, 6.45) is 2.79. The smallest absolute Gasteiger partial charge is 0.387 e. The van der Waals surface area contributed by atoms with Crippen LogP contribution in [0.15, 0.2) is 17.7 Å². The summed E-state index contributed by atoms with van der Waals surface area (Å²) in [5.41, 5.74) is 0.0991. The SMILES string of the molecule is CCCCOC(=O)/C(C#N)=C/c1cc(OC)c(OC(F)F)c(OC)c1. The minimum Gasteiger partial charge on any atom is -0.493 e. The van der Waals surface area contributed by atoms with E-state index in [1.165, 1.54) is 32.4 Å². The Hall–Kier alpha value is -2.82. The van der Waals surface area contributed by atoms with Crippen LogP contribution in [0.5, 0.6) is 17.2 Å². The first-order valence-electron chi connectivity index (χ1n) is 7.46. The van der Waals surface area contributed by atoms with E-state index >= 15 is 0 Å². The summed E-state index contributed by atoms with van der Waals surface area (Å²) >= 11 is 0. The summed E-state index contributed by atoms with van der Waals surface area (Å²) in [6.45, 7) is -0.911. The van der Waals surface area contributed by atoms with E-state index < -0.39 is 12.6 Å². The maximum Gasteiger partial charge on any atom is 0.387 e. The fourth-order valence-corrected chi connectivity index (χ4v) is 1.88. The van der Waals surface area contributed by atoms with Crippen molar-refractivity contribution in [1.82, 2.24) is 0 Å². The third kappa shape index (κ3) is 5.95. The van der Waals surface area contributed by atoms with Crippen molar-refractivity contribution in [1.29, 1.82) is 5.26 Å². The number of benzene rings is 1. The first-order valence-corrected chi connectivity index (χ1v) is 7.46. The van der Waals surface area contributed by atoms with Crippen LogP contribution in [0.25, 0.3) is 6.08 Å². The number of alkyl halides is 2. The maximum absolute atomic E-state index is 12.5. The number of ether oxygens (including phenoxy) is 4. The van der Waals surface area contributed by atoms with Crippen LogP contribution in [0.4, 0.5) is 8.78 Å². The number of hydrogen-bond donors (Lipinski definition) is 0. The van der Waals surface area contributed by atoms with Crippen LogP contribution in [0.1, 0.15) is 25.3 Å². The molecular formula is C17H19F2NO5. The second-order valence-corrected chi connectivity index (χ2v) is 4.79. The molecule has 1 aromatic carbocycles. The van der Waals surface area contributed by atoms with Gasteiger partial charge in [0.25, 0.3) is 0 Å². The highest BCUT2D eigenvalue weighted by molar-refractivity contribution is 5.98. The molecule has 6 nitrogen and oxygen atoms in total. The van der Waals surface area contributed by atoms with Gasteiger partial charge in [0.05, 0.1) is 20.8 Å². The summed E-state index contributed by atoms with van der Waals surface area (Å²) in [7, 11) is 2.54. The normalized spacial score (nSPS) is 11.0. The number of carbonyl (C=O) groups excluding carboxylic acids is 1. The van der Waals surface area contributed by atoms with Gasteiger partial charge in [0.15, 0.2) is 11.5 Å². The molecule has 0 aliphatic heterocycles. The number of carbonyl (C=O) groups is 1. The molecule has 1 rings (SSSR count). The van der Waals surface area contributed by atoms with Gasteiger partial charge < -0.3 is 18.9 Å². The molecule has 0 fully saturated rings. The Kier molecular flexibility index (Phi) is 8.19. The second-order valence-electron chi connectivity index (χ2n) is 4.79. The summed E-state index contributed by atoms with van der Waals surface area (Å²) in [5, 5.41) is 9.14. The molecule has 0 bridgehead atoms. The van der Waals surface area contributed by atoms with Crippen LogP contribution in [-0.2, 0) is 9.53 Å². The molecule has 0 spiro atoms. The van der Waals surface area contributed by atoms with E-state index in [4.69, 9.17) is 19.5 Å². The molecule has 0 amide bonds. The molecule has 136 valence electrons. The molecule has 0 unspecified atom stereocenters. The molecule has 0 saturated carbocycles. The molecule has 0 saturated heterocycles. The summed E-state index contributed by atoms with van der Waals surface area (Å²) in [6, 6.07) is 4.44. The predicted octanol–water partition coefficient (Wildman–Crippen LogP) is 3.56. The lowest BCUT2D eigenvalue weighted by molar-refractivity contribution is -0.138. The quantitative estimate of drug-likeness (QED) is 0.292. The maximum atomic E-state index is 12.5. The Morgan fingerprint density at radius 1 is 1.28 bits per heavy atom. The van der Waals surface area contributed by atoms with Crippen molar-refractivity contribution in [2.75, 3.05) is 20.8 Å². The zero-order valence-electron chi connectivity index (χ0n) is 14.2. The van der Waals surface area contributed by atoms with Crippen LogP contribution < -0.4 is 14.2 Å². The van der Waals surface area contributed by atoms with E-state index in [2.05, 4.69) is 4.74 Å². The molecule has 0 N–H and O–H groups in total. The summed E-state index contributed by atoms with van der Waals surface area (Å²) in [5.74, 6) is -1.09. The van der Waals surface area contributed by atoms with Crippen LogP contribution in [0.2, 0.25) is 0 Å². The van der Waals surface area contributed by atoms with Crippen molar-refractivity contribution in [3.05, 3.63) is 23.3 Å². The Morgan fingerprint density at radius 3 is 2.32 bits per heavy atom. The molecule has 0 aromatic heterocycles. The van der Waals surface area contributed by atoms with Crippen molar-refractivity contribution >= 4 is 12.0 Å². The van der Waals surface area contributed by atoms with E-state index in [1.807, 2.05) is 6.92 Å². The average molecular weight is 355 g/mol. The number of nitrogens with zero attached hydrogens (tertiary/aromatic N) is 1. The van der Waals surface area contributed by atoms with Crippen molar-refractivity contribution in [2.24, 2.45) is 0 Å². The molecule has 8 heteroatoms. The van der Waals surface area contributed by atoms with Gasteiger partial charge >= 0.3 is 12.6 Å². The van der Waals surface area contributed by atoms with Gasteiger partial charge in [0, 0.05) is 0 Å². The monoisotopic (exact) mass is 355 g/mol. The number of esters is 1. The lowest BCUT2D eigenvalue weighted by atomic mass is 10.1. The molecule has 0 atom stereocenters. The van der Waals surface area contributed by atoms with Gasteiger partial charge in [-0.3, -0.25) is 0 Å². The molecule has 0 aliphatic carbocycles. The summed E-state index contributed by atoms with van der Waals surface area (Å²) < 4.78 is 44.5. The number of methoxy groups -OCH3 is 2. The highest BCUT2D eigenvalue weighted by Crippen LogP contribution is 2.40. The highest BCUT2D eigenvalue weighted by atomic mass is 19.3. The zero-order valence-corrected chi connectivity index (χ0v) is 14.2. The standard InChI is InChI=1S/C17H19F2NO5/c1-4-5-6-24-16(21)12(10-20)7-11-8-13(22-2)15(25-17(18)19)14(9-11)23-3/h7-9,17H,4-6H2,1-3H3/b12-7+. The van der Waals surface area contributed by atoms with Crippen LogP contribution >= 0.6 is 0 Å². The Labute approximate surface area is 144 Å². The number of rotatable bonds is 9. The fourth-order valence-electron chi connectivity index (χ4n) is 1.88. The molecule has 1 aromatic rings. The number of unbranched alkanes of at least 4 members (excludes halogenated alkanes) is 1. The third-order valence-electron chi connectivity index (χ3n) is 3.07. The molecule has 0 heterocycles. The first kappa shape index (κ1) is 20.2. The van der Waals surface area contributed by atoms with E-state index in [9.17, 15) is 13.6 Å². The lowest BCUT2D eigenvalue weighted by Crippen LogP contribution is -2.08. The fraction of sp³-hybridized carbons (Fsp3) is 0.412. The predicted molar refractivity (Wildman–Crippen MR) is 85.6 cm³/mol. The van der Waals surface area contributed by atoms with E-state index in [1.54, 1.807) is 6.07 Å². The van der Waals surface area contributed by atoms with E-state index in [0.717, 1.165) is 6.42 Å². The molecule has 0 radical (unpaired) electrons. The van der Waals surface area contributed by atoms with Crippen LogP contribution in [0.3, 0.4) is 0 Å². The van der Waals surface area contributed by atoms with Crippen molar-refractivity contribution in [2.45, 2.75) is 26.4 Å². The van der Waals surface area contributed by atoms with Gasteiger partial charge in [-0.2, -0.15) is 14.0 Å². The minimum absolute atomic E-state index is 0.0254. The Bertz CT molecular complexity index is 642. The van der Waals surface area contributed by atoms with Gasteiger partial charge in [-0.05, 0) is 30.2 Å². The lowest BCUT2D eigenvalue weighted by Gasteiger charge is -2.14. The molecular weight excluding hydrogens is 336 g/mol. The van der Waals surface area contributed by atoms with E-state index in [0.29, 0.717) is 12.0 Å². The number of nitriles is 1. The van der Waals surface area contributed by atoms with Crippen molar-refractivity contribution in [3.8, 4) is 23.3 Å². The highest BCUT2D eigenvalue weighted by Gasteiger charge is 2.19. The van der Waals surface area contributed by atoms with Crippen molar-refractivity contribution in [3.63, 3.8) is 0 Å². The zero-order chi connectivity index (χ0) is 18.8. The first-order chi connectivity index (χ1) is 12.0. The molecule has 0 aliphatic rings. The largest absolute Gasteiger partial charge is 0.493 e. The van der Waals surface area contributed by atoms with Gasteiger partial charge in [0.1, 0.15) is 11.6 Å². The molecule has 25 heavy (non-hydrogen) atoms. The Balaban J connectivity index is 3.19. The van der Waals surface area contributed by atoms with Gasteiger partial charge in [-0.15, -0.1) is 0 Å².